The van der Waals surface area contributed by atoms with Crippen LogP contribution in [0.25, 0.3) is 5.69 Å². The summed E-state index contributed by atoms with van der Waals surface area (Å²) in [5.74, 6) is -1.27. The van der Waals surface area contributed by atoms with Crippen LogP contribution in [0.4, 0.5) is 17.6 Å². The van der Waals surface area contributed by atoms with Crippen LogP contribution in [-0.4, -0.2) is 15.6 Å². The van der Waals surface area contributed by atoms with Crippen molar-refractivity contribution in [2.45, 2.75) is 13.1 Å². The molecule has 1 aromatic heterocycles. The zero-order valence-corrected chi connectivity index (χ0v) is 9.70. The number of ketones is 1. The Kier molecular flexibility index (Phi) is 3.13. The molecule has 0 saturated heterocycles. The van der Waals surface area contributed by atoms with Gasteiger partial charge in [0.05, 0.1) is 0 Å². The summed E-state index contributed by atoms with van der Waals surface area (Å²) in [6.07, 6.45) is -3.65. The summed E-state index contributed by atoms with van der Waals surface area (Å²) >= 11 is 0. The van der Waals surface area contributed by atoms with E-state index in [1.165, 1.54) is 19.1 Å². The molecule has 1 aromatic carbocycles. The Hall–Kier alpha value is -2.18. The normalized spacial score (nSPS) is 11.6. The fraction of sp³-hybridized carbons (Fsp3) is 0.167. The van der Waals surface area contributed by atoms with Crippen molar-refractivity contribution in [3.63, 3.8) is 0 Å². The summed E-state index contributed by atoms with van der Waals surface area (Å²) in [6, 6.07) is 4.41. The second-order valence-corrected chi connectivity index (χ2v) is 3.84. The molecule has 1 heterocycles. The molecule has 2 aromatic rings. The molecule has 0 unspecified atom stereocenters. The number of para-hydroxylation sites is 1. The number of benzene rings is 1. The number of carbonyl (C=O) groups is 1. The van der Waals surface area contributed by atoms with Gasteiger partial charge in [0.25, 0.3) is 0 Å². The largest absolute Gasteiger partial charge is 0.435 e. The van der Waals surface area contributed by atoms with E-state index in [-0.39, 0.29) is 11.3 Å². The van der Waals surface area contributed by atoms with Gasteiger partial charge in [0, 0.05) is 11.8 Å². The Morgan fingerprint density at radius 3 is 2.47 bits per heavy atom. The van der Waals surface area contributed by atoms with E-state index >= 15 is 0 Å². The standard InChI is InChI=1S/C12H8F4N2O/c1-7(19)8-3-2-4-9(13)11(8)18-6-5-10(17-18)12(14,15)16/h2-6H,1H3. The molecule has 3 nitrogen and oxygen atoms in total. The number of alkyl halides is 3. The molecule has 0 aliphatic carbocycles. The lowest BCUT2D eigenvalue weighted by Gasteiger charge is -2.08. The number of carbonyl (C=O) groups excluding carboxylic acids is 1. The summed E-state index contributed by atoms with van der Waals surface area (Å²) in [5, 5.41) is 3.26. The van der Waals surface area contributed by atoms with Crippen LogP contribution in [0.1, 0.15) is 23.0 Å². The van der Waals surface area contributed by atoms with E-state index in [1.807, 2.05) is 0 Å². The Morgan fingerprint density at radius 2 is 1.95 bits per heavy atom. The average Bonchev–Trinajstić information content (AvgIpc) is 2.77. The molecule has 0 saturated carbocycles. The maximum Gasteiger partial charge on any atom is 0.435 e. The lowest BCUT2D eigenvalue weighted by Crippen LogP contribution is -2.10. The number of aromatic nitrogens is 2. The molecule has 0 radical (unpaired) electrons. The van der Waals surface area contributed by atoms with E-state index in [9.17, 15) is 22.4 Å². The Morgan fingerprint density at radius 1 is 1.26 bits per heavy atom. The summed E-state index contributed by atoms with van der Waals surface area (Å²) in [6.45, 7) is 1.20. The predicted octanol–water partition coefficient (Wildman–Crippen LogP) is 3.23. The zero-order valence-electron chi connectivity index (χ0n) is 9.70. The van der Waals surface area contributed by atoms with Crippen LogP contribution in [0.5, 0.6) is 0 Å². The predicted molar refractivity (Wildman–Crippen MR) is 58.5 cm³/mol. The molecule has 0 atom stereocenters. The smallest absolute Gasteiger partial charge is 0.294 e. The van der Waals surface area contributed by atoms with Crippen LogP contribution in [-0.2, 0) is 6.18 Å². The van der Waals surface area contributed by atoms with Gasteiger partial charge in [-0.1, -0.05) is 6.07 Å². The van der Waals surface area contributed by atoms with Gasteiger partial charge in [0.15, 0.2) is 11.5 Å². The molecule has 0 aliphatic rings. The van der Waals surface area contributed by atoms with E-state index in [0.717, 1.165) is 23.0 Å². The minimum atomic E-state index is -4.62. The minimum absolute atomic E-state index is 0.0307. The van der Waals surface area contributed by atoms with Gasteiger partial charge in [0.1, 0.15) is 11.5 Å². The first-order valence-electron chi connectivity index (χ1n) is 5.23. The maximum absolute atomic E-state index is 13.7. The Balaban J connectivity index is 2.59. The highest BCUT2D eigenvalue weighted by Gasteiger charge is 2.34. The van der Waals surface area contributed by atoms with Crippen molar-refractivity contribution in [2.24, 2.45) is 0 Å². The lowest BCUT2D eigenvalue weighted by atomic mass is 10.1. The Bertz CT molecular complexity index is 631. The summed E-state index contributed by atoms with van der Waals surface area (Å²) in [4.78, 5) is 11.4. The lowest BCUT2D eigenvalue weighted by molar-refractivity contribution is -0.141. The van der Waals surface area contributed by atoms with Gasteiger partial charge in [-0.25, -0.2) is 9.07 Å². The third-order valence-electron chi connectivity index (χ3n) is 2.47. The van der Waals surface area contributed by atoms with Gasteiger partial charge in [0.2, 0.25) is 0 Å². The summed E-state index contributed by atoms with van der Waals surface area (Å²) < 4.78 is 51.7. The molecule has 0 aliphatic heterocycles. The molecule has 0 bridgehead atoms. The molecule has 0 spiro atoms. The number of rotatable bonds is 2. The highest BCUT2D eigenvalue weighted by molar-refractivity contribution is 5.97. The van der Waals surface area contributed by atoms with Gasteiger partial charge < -0.3 is 0 Å². The van der Waals surface area contributed by atoms with E-state index < -0.39 is 23.5 Å². The fourth-order valence-electron chi connectivity index (χ4n) is 1.63. The monoisotopic (exact) mass is 272 g/mol. The van der Waals surface area contributed by atoms with E-state index in [2.05, 4.69) is 5.10 Å². The maximum atomic E-state index is 13.7. The van der Waals surface area contributed by atoms with Crippen LogP contribution in [0.3, 0.4) is 0 Å². The van der Waals surface area contributed by atoms with Gasteiger partial charge >= 0.3 is 6.18 Å². The molecule has 100 valence electrons. The van der Waals surface area contributed by atoms with E-state index in [4.69, 9.17) is 0 Å². The van der Waals surface area contributed by atoms with Crippen molar-refractivity contribution in [3.8, 4) is 5.69 Å². The van der Waals surface area contributed by atoms with Crippen LogP contribution in [0.15, 0.2) is 30.5 Å². The number of halogens is 4. The van der Waals surface area contributed by atoms with Crippen molar-refractivity contribution in [1.29, 1.82) is 0 Å². The van der Waals surface area contributed by atoms with Crippen LogP contribution < -0.4 is 0 Å². The van der Waals surface area contributed by atoms with Crippen molar-refractivity contribution in [2.75, 3.05) is 0 Å². The Labute approximate surface area is 105 Å². The van der Waals surface area contributed by atoms with Crippen LogP contribution in [0, 0.1) is 5.82 Å². The van der Waals surface area contributed by atoms with Crippen molar-refractivity contribution < 1.29 is 22.4 Å². The van der Waals surface area contributed by atoms with Gasteiger partial charge in [-0.15, -0.1) is 0 Å². The van der Waals surface area contributed by atoms with E-state index in [1.54, 1.807) is 0 Å². The summed E-state index contributed by atoms with van der Waals surface area (Å²) in [7, 11) is 0. The van der Waals surface area contributed by atoms with E-state index in [0.29, 0.717) is 0 Å². The highest BCUT2D eigenvalue weighted by Crippen LogP contribution is 2.28. The summed E-state index contributed by atoms with van der Waals surface area (Å²) in [5.41, 5.74) is -1.47. The molecule has 7 heteroatoms. The van der Waals surface area contributed by atoms with Gasteiger partial charge in [-0.05, 0) is 25.1 Å². The number of Topliss-reactive ketones (excluding diaryl/α,β-unsaturated/α-hetero) is 1. The first-order valence-corrected chi connectivity index (χ1v) is 5.23. The molecular weight excluding hydrogens is 264 g/mol. The van der Waals surface area contributed by atoms with Crippen molar-refractivity contribution in [3.05, 3.63) is 47.5 Å². The number of nitrogens with zero attached hydrogens (tertiary/aromatic N) is 2. The minimum Gasteiger partial charge on any atom is -0.294 e. The molecule has 0 fully saturated rings. The quantitative estimate of drug-likeness (QED) is 0.621. The van der Waals surface area contributed by atoms with Crippen LogP contribution in [0.2, 0.25) is 0 Å². The first-order chi connectivity index (χ1) is 8.80. The SMILES string of the molecule is CC(=O)c1cccc(F)c1-n1ccc(C(F)(F)F)n1. The topological polar surface area (TPSA) is 34.9 Å². The second-order valence-electron chi connectivity index (χ2n) is 3.84. The molecule has 2 rings (SSSR count). The molecular formula is C12H8F4N2O. The van der Waals surface area contributed by atoms with Gasteiger partial charge in [-0.3, -0.25) is 4.79 Å². The first kappa shape index (κ1) is 13.3. The average molecular weight is 272 g/mol. The highest BCUT2D eigenvalue weighted by atomic mass is 19.4. The molecule has 0 N–H and O–H groups in total. The molecule has 19 heavy (non-hydrogen) atoms. The fourth-order valence-corrected chi connectivity index (χ4v) is 1.63. The van der Waals surface area contributed by atoms with Crippen molar-refractivity contribution in [1.82, 2.24) is 9.78 Å². The van der Waals surface area contributed by atoms with Crippen LogP contribution >= 0.6 is 0 Å². The third kappa shape index (κ3) is 2.49. The second kappa shape index (κ2) is 4.49. The van der Waals surface area contributed by atoms with Crippen molar-refractivity contribution >= 4 is 5.78 Å². The third-order valence-corrected chi connectivity index (χ3v) is 2.47. The number of hydrogen-bond acceptors (Lipinski definition) is 2. The number of hydrogen-bond donors (Lipinski definition) is 0. The molecule has 0 amide bonds. The zero-order chi connectivity index (χ0) is 14.2. The van der Waals surface area contributed by atoms with Gasteiger partial charge in [-0.2, -0.15) is 18.3 Å².